The Labute approximate surface area is 73.4 Å². The zero-order chi connectivity index (χ0) is 9.40. The standard InChI is InChI=1S/C9H16O3/c1-4-5-9(10)12-7-6-11-8(2)3/h4-5,8H,6-7H2,1-3H3/b5-4+. The van der Waals surface area contributed by atoms with Gasteiger partial charge in [0.15, 0.2) is 0 Å². The van der Waals surface area contributed by atoms with Gasteiger partial charge in [-0.15, -0.1) is 0 Å². The molecule has 0 N–H and O–H groups in total. The highest BCUT2D eigenvalue weighted by atomic mass is 16.6. The van der Waals surface area contributed by atoms with Crippen molar-refractivity contribution in [2.75, 3.05) is 13.2 Å². The second-order valence-corrected chi connectivity index (χ2v) is 2.59. The Kier molecular flexibility index (Phi) is 6.38. The average Bonchev–Trinajstić information content (AvgIpc) is 1.98. The summed E-state index contributed by atoms with van der Waals surface area (Å²) < 4.78 is 9.95. The highest BCUT2D eigenvalue weighted by Crippen LogP contribution is 1.88. The van der Waals surface area contributed by atoms with E-state index >= 15 is 0 Å². The summed E-state index contributed by atoms with van der Waals surface area (Å²) in [6.45, 7) is 6.43. The molecule has 0 amide bonds. The molecule has 0 unspecified atom stereocenters. The number of ether oxygens (including phenoxy) is 2. The first-order valence-corrected chi connectivity index (χ1v) is 4.08. The molecule has 0 fully saturated rings. The lowest BCUT2D eigenvalue weighted by atomic mass is 10.5. The molecular weight excluding hydrogens is 156 g/mol. The van der Waals surface area contributed by atoms with E-state index in [1.165, 1.54) is 6.08 Å². The van der Waals surface area contributed by atoms with Crippen LogP contribution in [0, 0.1) is 0 Å². The normalized spacial score (nSPS) is 11.0. The van der Waals surface area contributed by atoms with Crippen molar-refractivity contribution in [3.05, 3.63) is 12.2 Å². The van der Waals surface area contributed by atoms with Gasteiger partial charge in [-0.1, -0.05) is 6.08 Å². The van der Waals surface area contributed by atoms with E-state index in [2.05, 4.69) is 0 Å². The van der Waals surface area contributed by atoms with Gasteiger partial charge in [-0.05, 0) is 20.8 Å². The minimum Gasteiger partial charge on any atom is -0.460 e. The van der Waals surface area contributed by atoms with Gasteiger partial charge in [-0.25, -0.2) is 4.79 Å². The fourth-order valence-electron chi connectivity index (χ4n) is 0.610. The Hall–Kier alpha value is -0.830. The van der Waals surface area contributed by atoms with Gasteiger partial charge >= 0.3 is 5.97 Å². The number of carbonyl (C=O) groups is 1. The Morgan fingerprint density at radius 3 is 2.58 bits per heavy atom. The highest BCUT2D eigenvalue weighted by molar-refractivity contribution is 5.81. The largest absolute Gasteiger partial charge is 0.460 e. The minimum absolute atomic E-state index is 0.186. The fourth-order valence-corrected chi connectivity index (χ4v) is 0.610. The van der Waals surface area contributed by atoms with Gasteiger partial charge in [0, 0.05) is 6.08 Å². The van der Waals surface area contributed by atoms with Gasteiger partial charge < -0.3 is 9.47 Å². The van der Waals surface area contributed by atoms with Gasteiger partial charge in [0.05, 0.1) is 12.7 Å². The van der Waals surface area contributed by atoms with E-state index in [1.807, 2.05) is 13.8 Å². The van der Waals surface area contributed by atoms with Gasteiger partial charge in [0.1, 0.15) is 6.61 Å². The molecular formula is C9H16O3. The number of rotatable bonds is 5. The molecule has 0 aliphatic carbocycles. The first-order chi connectivity index (χ1) is 5.66. The van der Waals surface area contributed by atoms with Crippen molar-refractivity contribution < 1.29 is 14.3 Å². The zero-order valence-corrected chi connectivity index (χ0v) is 7.87. The molecule has 70 valence electrons. The molecule has 0 rings (SSSR count). The number of carbonyl (C=O) groups excluding carboxylic acids is 1. The minimum atomic E-state index is -0.315. The molecule has 0 aromatic carbocycles. The van der Waals surface area contributed by atoms with Gasteiger partial charge in [0.25, 0.3) is 0 Å². The summed E-state index contributed by atoms with van der Waals surface area (Å²) in [6, 6.07) is 0. The SMILES string of the molecule is C/C=C/C(=O)OCCOC(C)C. The molecule has 0 spiro atoms. The quantitative estimate of drug-likeness (QED) is 0.358. The molecule has 3 heteroatoms. The average molecular weight is 172 g/mol. The first kappa shape index (κ1) is 11.2. The van der Waals surface area contributed by atoms with Crippen LogP contribution in [-0.4, -0.2) is 25.3 Å². The van der Waals surface area contributed by atoms with E-state index in [4.69, 9.17) is 9.47 Å². The van der Waals surface area contributed by atoms with Crippen LogP contribution in [0.25, 0.3) is 0 Å². The van der Waals surface area contributed by atoms with Crippen LogP contribution in [0.3, 0.4) is 0 Å². The van der Waals surface area contributed by atoms with Crippen molar-refractivity contribution in [2.45, 2.75) is 26.9 Å². The monoisotopic (exact) mass is 172 g/mol. The molecule has 0 radical (unpaired) electrons. The van der Waals surface area contributed by atoms with E-state index in [0.29, 0.717) is 13.2 Å². The number of allylic oxidation sites excluding steroid dienone is 1. The summed E-state index contributed by atoms with van der Waals surface area (Å²) >= 11 is 0. The molecule has 3 nitrogen and oxygen atoms in total. The maximum Gasteiger partial charge on any atom is 0.330 e. The molecule has 0 saturated carbocycles. The van der Waals surface area contributed by atoms with Crippen molar-refractivity contribution >= 4 is 5.97 Å². The topological polar surface area (TPSA) is 35.5 Å². The number of esters is 1. The van der Waals surface area contributed by atoms with Crippen LogP contribution >= 0.6 is 0 Å². The van der Waals surface area contributed by atoms with E-state index in [0.717, 1.165) is 0 Å². The lowest BCUT2D eigenvalue weighted by Crippen LogP contribution is -2.11. The van der Waals surface area contributed by atoms with Crippen LogP contribution in [0.15, 0.2) is 12.2 Å². The van der Waals surface area contributed by atoms with Crippen molar-refractivity contribution in [3.63, 3.8) is 0 Å². The second-order valence-electron chi connectivity index (χ2n) is 2.59. The lowest BCUT2D eigenvalue weighted by molar-refractivity contribution is -0.139. The van der Waals surface area contributed by atoms with Crippen LogP contribution in [0.5, 0.6) is 0 Å². The van der Waals surface area contributed by atoms with Crippen molar-refractivity contribution in [2.24, 2.45) is 0 Å². The third-order valence-electron chi connectivity index (χ3n) is 1.08. The summed E-state index contributed by atoms with van der Waals surface area (Å²) in [5.74, 6) is -0.315. The van der Waals surface area contributed by atoms with E-state index in [9.17, 15) is 4.79 Å². The lowest BCUT2D eigenvalue weighted by Gasteiger charge is -2.06. The molecule has 0 aromatic rings. The summed E-state index contributed by atoms with van der Waals surface area (Å²) in [5, 5.41) is 0. The van der Waals surface area contributed by atoms with Crippen LogP contribution in [0.1, 0.15) is 20.8 Å². The predicted molar refractivity (Wildman–Crippen MR) is 46.9 cm³/mol. The Bertz CT molecular complexity index is 150. The Morgan fingerprint density at radius 1 is 1.42 bits per heavy atom. The molecule has 0 aliphatic heterocycles. The summed E-state index contributed by atoms with van der Waals surface area (Å²) in [6.07, 6.45) is 3.21. The highest BCUT2D eigenvalue weighted by Gasteiger charge is 1.96. The van der Waals surface area contributed by atoms with E-state index < -0.39 is 0 Å². The fraction of sp³-hybridized carbons (Fsp3) is 0.667. The summed E-state index contributed by atoms with van der Waals surface area (Å²) in [4.78, 5) is 10.7. The molecule has 12 heavy (non-hydrogen) atoms. The van der Waals surface area contributed by atoms with Gasteiger partial charge in [-0.2, -0.15) is 0 Å². The van der Waals surface area contributed by atoms with Gasteiger partial charge in [0.2, 0.25) is 0 Å². The van der Waals surface area contributed by atoms with Crippen LogP contribution in [0.4, 0.5) is 0 Å². The molecule has 0 bridgehead atoms. The third kappa shape index (κ3) is 7.28. The number of hydrogen-bond donors (Lipinski definition) is 0. The van der Waals surface area contributed by atoms with Crippen LogP contribution in [-0.2, 0) is 14.3 Å². The van der Waals surface area contributed by atoms with Crippen LogP contribution < -0.4 is 0 Å². The molecule has 0 aliphatic rings. The van der Waals surface area contributed by atoms with Crippen molar-refractivity contribution in [1.29, 1.82) is 0 Å². The third-order valence-corrected chi connectivity index (χ3v) is 1.08. The molecule has 0 heterocycles. The Balaban J connectivity index is 3.25. The van der Waals surface area contributed by atoms with E-state index in [1.54, 1.807) is 13.0 Å². The number of hydrogen-bond acceptors (Lipinski definition) is 3. The zero-order valence-electron chi connectivity index (χ0n) is 7.87. The van der Waals surface area contributed by atoms with Crippen molar-refractivity contribution in [1.82, 2.24) is 0 Å². The maximum atomic E-state index is 10.7. The maximum absolute atomic E-state index is 10.7. The first-order valence-electron chi connectivity index (χ1n) is 4.08. The van der Waals surface area contributed by atoms with E-state index in [-0.39, 0.29) is 12.1 Å². The summed E-state index contributed by atoms with van der Waals surface area (Å²) in [7, 11) is 0. The molecule has 0 atom stereocenters. The second kappa shape index (κ2) is 6.85. The predicted octanol–water partition coefficient (Wildman–Crippen LogP) is 1.53. The van der Waals surface area contributed by atoms with Gasteiger partial charge in [-0.3, -0.25) is 0 Å². The smallest absolute Gasteiger partial charge is 0.330 e. The Morgan fingerprint density at radius 2 is 2.08 bits per heavy atom. The summed E-state index contributed by atoms with van der Waals surface area (Å²) in [5.41, 5.74) is 0. The molecule has 0 aromatic heterocycles. The van der Waals surface area contributed by atoms with Crippen LogP contribution in [0.2, 0.25) is 0 Å². The van der Waals surface area contributed by atoms with Crippen molar-refractivity contribution in [3.8, 4) is 0 Å². The molecule has 0 saturated heterocycles.